The van der Waals surface area contributed by atoms with Gasteiger partial charge in [0, 0.05) is 57.9 Å². The van der Waals surface area contributed by atoms with Crippen molar-refractivity contribution in [2.24, 2.45) is 7.05 Å². The number of nitrogens with zero attached hydrogens (tertiary/aromatic N) is 4. The second kappa shape index (κ2) is 8.30. The lowest BCUT2D eigenvalue weighted by molar-refractivity contribution is 0.106. The number of pyridine rings is 1. The van der Waals surface area contributed by atoms with Crippen LogP contribution in [0.25, 0.3) is 21.3 Å². The van der Waals surface area contributed by atoms with Gasteiger partial charge in [-0.15, -0.1) is 11.3 Å². The number of aryl methyl sites for hydroxylation is 2. The van der Waals surface area contributed by atoms with Gasteiger partial charge >= 0.3 is 0 Å². The van der Waals surface area contributed by atoms with Gasteiger partial charge in [-0.2, -0.15) is 5.10 Å². The Balaban J connectivity index is 1.28. The first-order chi connectivity index (χ1) is 17.1. The maximum absolute atomic E-state index is 9.66. The standard InChI is InChI=1S/C27H27ClN4O2S/c1-31-25(21-12-17(32-7-2-8-32)3-4-22(21)30-31)24-10-15-9-16(28)11-20(26(15)34-24)19-5-6-29-23-13-18(14-33)35-27(19)23/h5-6,9,11,13,17,24,33H,2-4,7-8,10,12,14H2,1H3. The SMILES string of the molecule is Cn1nc2c(c1C1Cc3cc(Cl)cc(-c4ccnc5cc(CO)sc45)c3O1)CC(N1CCC1)CC2. The number of benzene rings is 1. The van der Waals surface area contributed by atoms with E-state index in [0.717, 1.165) is 56.8 Å². The fourth-order valence-electron chi connectivity index (χ4n) is 6.08. The van der Waals surface area contributed by atoms with Crippen molar-refractivity contribution in [3.05, 3.63) is 62.9 Å². The normalized spacial score (nSPS) is 21.6. The molecule has 0 radical (unpaired) electrons. The Morgan fingerprint density at radius 3 is 2.89 bits per heavy atom. The zero-order valence-electron chi connectivity index (χ0n) is 19.6. The molecule has 2 atom stereocenters. The number of rotatable bonds is 4. The highest BCUT2D eigenvalue weighted by atomic mass is 35.5. The molecule has 0 spiro atoms. The number of hydrogen-bond acceptors (Lipinski definition) is 6. The van der Waals surface area contributed by atoms with Gasteiger partial charge in [0.25, 0.3) is 0 Å². The van der Waals surface area contributed by atoms with Gasteiger partial charge in [0.05, 0.1) is 28.2 Å². The molecule has 2 unspecified atom stereocenters. The number of aromatic nitrogens is 3. The van der Waals surface area contributed by atoms with E-state index < -0.39 is 0 Å². The van der Waals surface area contributed by atoms with E-state index in [1.54, 1.807) is 11.3 Å². The molecule has 3 aliphatic rings. The first-order valence-electron chi connectivity index (χ1n) is 12.4. The number of aliphatic hydroxyl groups excluding tert-OH is 1. The Morgan fingerprint density at radius 1 is 1.20 bits per heavy atom. The molecule has 0 saturated carbocycles. The van der Waals surface area contributed by atoms with Crippen LogP contribution in [-0.2, 0) is 32.9 Å². The summed E-state index contributed by atoms with van der Waals surface area (Å²) in [6.45, 7) is 2.46. The molecular weight excluding hydrogens is 480 g/mol. The molecule has 6 nitrogen and oxygen atoms in total. The third-order valence-electron chi connectivity index (χ3n) is 7.85. The smallest absolute Gasteiger partial charge is 0.145 e. The van der Waals surface area contributed by atoms with E-state index in [2.05, 4.69) is 21.6 Å². The monoisotopic (exact) mass is 506 g/mol. The van der Waals surface area contributed by atoms with Crippen LogP contribution < -0.4 is 4.74 Å². The van der Waals surface area contributed by atoms with Gasteiger partial charge in [-0.25, -0.2) is 0 Å². The number of halogens is 1. The van der Waals surface area contributed by atoms with Crippen molar-refractivity contribution in [2.75, 3.05) is 13.1 Å². The van der Waals surface area contributed by atoms with Crippen LogP contribution in [0.5, 0.6) is 5.75 Å². The molecule has 1 aliphatic carbocycles. The Bertz CT molecular complexity index is 1460. The minimum atomic E-state index is -0.0766. The van der Waals surface area contributed by atoms with Gasteiger partial charge in [0.2, 0.25) is 0 Å². The highest BCUT2D eigenvalue weighted by Crippen LogP contribution is 2.48. The van der Waals surface area contributed by atoms with E-state index in [4.69, 9.17) is 21.4 Å². The number of ether oxygens (including phenoxy) is 1. The minimum absolute atomic E-state index is 0.0106. The summed E-state index contributed by atoms with van der Waals surface area (Å²) in [6.07, 6.45) is 7.15. The van der Waals surface area contributed by atoms with Crippen LogP contribution in [0.3, 0.4) is 0 Å². The van der Waals surface area contributed by atoms with Crippen LogP contribution in [0, 0.1) is 0 Å². The predicted octanol–water partition coefficient (Wildman–Crippen LogP) is 5.08. The molecule has 0 bridgehead atoms. The lowest BCUT2D eigenvalue weighted by Crippen LogP contribution is -2.47. The van der Waals surface area contributed by atoms with Crippen molar-refractivity contribution in [3.63, 3.8) is 0 Å². The molecule has 3 aromatic heterocycles. The lowest BCUT2D eigenvalue weighted by atomic mass is 9.87. The van der Waals surface area contributed by atoms with Crippen LogP contribution in [0.4, 0.5) is 0 Å². The van der Waals surface area contributed by atoms with Crippen LogP contribution in [0.15, 0.2) is 30.5 Å². The molecule has 35 heavy (non-hydrogen) atoms. The molecule has 1 saturated heterocycles. The summed E-state index contributed by atoms with van der Waals surface area (Å²) in [5, 5.41) is 15.3. The van der Waals surface area contributed by atoms with Crippen molar-refractivity contribution >= 4 is 33.2 Å². The van der Waals surface area contributed by atoms with E-state index in [0.29, 0.717) is 11.1 Å². The molecule has 7 rings (SSSR count). The van der Waals surface area contributed by atoms with Crippen LogP contribution in [-0.4, -0.2) is 43.9 Å². The summed E-state index contributed by atoms with van der Waals surface area (Å²) >= 11 is 8.20. The molecule has 1 aromatic carbocycles. The largest absolute Gasteiger partial charge is 0.483 e. The number of thiophene rings is 1. The van der Waals surface area contributed by atoms with Crippen LogP contribution >= 0.6 is 22.9 Å². The second-order valence-corrected chi connectivity index (χ2v) is 11.5. The summed E-state index contributed by atoms with van der Waals surface area (Å²) in [7, 11) is 2.06. The van der Waals surface area contributed by atoms with E-state index in [1.807, 2.05) is 30.5 Å². The molecule has 0 amide bonds. The number of hydrogen-bond donors (Lipinski definition) is 1. The fourth-order valence-corrected chi connectivity index (χ4v) is 7.32. The quantitative estimate of drug-likeness (QED) is 0.418. The summed E-state index contributed by atoms with van der Waals surface area (Å²) in [5.74, 6) is 0.899. The van der Waals surface area contributed by atoms with Gasteiger partial charge in [-0.05, 0) is 63.0 Å². The molecule has 1 fully saturated rings. The predicted molar refractivity (Wildman–Crippen MR) is 138 cm³/mol. The highest BCUT2D eigenvalue weighted by Gasteiger charge is 2.37. The van der Waals surface area contributed by atoms with Crippen LogP contribution in [0.1, 0.15) is 46.3 Å². The zero-order chi connectivity index (χ0) is 23.7. The van der Waals surface area contributed by atoms with Crippen molar-refractivity contribution in [1.29, 1.82) is 0 Å². The highest BCUT2D eigenvalue weighted by molar-refractivity contribution is 7.19. The van der Waals surface area contributed by atoms with Gasteiger partial charge in [-0.1, -0.05) is 11.6 Å². The van der Waals surface area contributed by atoms with Crippen molar-refractivity contribution in [2.45, 2.75) is 50.9 Å². The summed E-state index contributed by atoms with van der Waals surface area (Å²) in [4.78, 5) is 8.03. The molecule has 1 N–H and O–H groups in total. The summed E-state index contributed by atoms with van der Waals surface area (Å²) in [5.41, 5.74) is 7.89. The van der Waals surface area contributed by atoms with Crippen molar-refractivity contribution in [1.82, 2.24) is 19.7 Å². The second-order valence-electron chi connectivity index (χ2n) is 9.92. The lowest BCUT2D eigenvalue weighted by Gasteiger charge is -2.40. The maximum atomic E-state index is 9.66. The Morgan fingerprint density at radius 2 is 2.09 bits per heavy atom. The number of aliphatic hydroxyl groups is 1. The average Bonchev–Trinajstić information content (AvgIpc) is 3.50. The molecule has 5 heterocycles. The topological polar surface area (TPSA) is 63.4 Å². The third-order valence-corrected chi connectivity index (χ3v) is 9.21. The summed E-state index contributed by atoms with van der Waals surface area (Å²) < 4.78 is 9.86. The zero-order valence-corrected chi connectivity index (χ0v) is 21.2. The molecule has 8 heteroatoms. The van der Waals surface area contributed by atoms with E-state index >= 15 is 0 Å². The molecule has 4 aromatic rings. The third kappa shape index (κ3) is 3.51. The Hall–Kier alpha value is -2.45. The van der Waals surface area contributed by atoms with Crippen molar-refractivity contribution in [3.8, 4) is 16.9 Å². The first kappa shape index (κ1) is 21.8. The maximum Gasteiger partial charge on any atom is 0.145 e. The molecule has 180 valence electrons. The first-order valence-corrected chi connectivity index (χ1v) is 13.5. The molecule has 2 aliphatic heterocycles. The van der Waals surface area contributed by atoms with Gasteiger partial charge in [0.15, 0.2) is 0 Å². The van der Waals surface area contributed by atoms with Gasteiger partial charge < -0.3 is 9.84 Å². The Labute approximate surface area is 213 Å². The number of fused-ring (bicyclic) bond motifs is 3. The molecular formula is C27H27ClN4O2S. The Kier molecular flexibility index (Phi) is 5.17. The van der Waals surface area contributed by atoms with Gasteiger partial charge in [0.1, 0.15) is 11.9 Å². The van der Waals surface area contributed by atoms with Crippen LogP contribution in [0.2, 0.25) is 5.02 Å². The number of likely N-dealkylation sites (tertiary alicyclic amines) is 1. The van der Waals surface area contributed by atoms with Gasteiger partial charge in [-0.3, -0.25) is 14.6 Å². The minimum Gasteiger partial charge on any atom is -0.483 e. The van der Waals surface area contributed by atoms with E-state index in [-0.39, 0.29) is 12.7 Å². The van der Waals surface area contributed by atoms with E-state index in [1.165, 1.54) is 42.9 Å². The average molecular weight is 507 g/mol. The van der Waals surface area contributed by atoms with Crippen molar-refractivity contribution < 1.29 is 9.84 Å². The van der Waals surface area contributed by atoms with E-state index in [9.17, 15) is 5.11 Å². The summed E-state index contributed by atoms with van der Waals surface area (Å²) in [6, 6.07) is 8.63. The fraction of sp³-hybridized carbons (Fsp3) is 0.407.